The molecule has 0 bridgehead atoms. The average molecular weight is 541 g/mol. The molecule has 11 heteroatoms. The number of unbranched alkanes of at least 4 members (excludes halogenated alkanes) is 1. The Morgan fingerprint density at radius 1 is 1.02 bits per heavy atom. The molecule has 40 heavy (non-hydrogen) atoms. The first-order chi connectivity index (χ1) is 19.2. The predicted octanol–water partition coefficient (Wildman–Crippen LogP) is 2.27. The van der Waals surface area contributed by atoms with E-state index in [4.69, 9.17) is 18.0 Å². The largest absolute Gasteiger partial charge is 0.366 e. The number of rotatable bonds is 8. The van der Waals surface area contributed by atoms with E-state index in [2.05, 4.69) is 20.3 Å². The van der Waals surface area contributed by atoms with E-state index in [0.29, 0.717) is 62.0 Å². The molecule has 206 valence electrons. The van der Waals surface area contributed by atoms with Gasteiger partial charge in [-0.15, -0.1) is 10.2 Å². The van der Waals surface area contributed by atoms with Crippen molar-refractivity contribution in [3.8, 4) is 0 Å². The number of fused-ring (bicyclic) bond motifs is 2. The van der Waals surface area contributed by atoms with E-state index in [9.17, 15) is 14.4 Å². The standard InChI is InChI=1S/C29H32N8O3/c1-32-24-6-5-15-37(24)25(38)7-3-4-14-29(28-33-35-36(2)34-28)22-12-10-20(26(30)39)16-18(22)8-9-19-17-21(27(31)40)11-13-23(19)29/h10-13,16-17,24H,3-9,14-15H2,2H3,(H2,30,39)(H2,31,40)/t24-/m0/s1. The Hall–Kier alpha value is -4.59. The molecule has 3 aromatic rings. The van der Waals surface area contributed by atoms with Crippen LogP contribution in [0.25, 0.3) is 4.85 Å². The van der Waals surface area contributed by atoms with Crippen LogP contribution in [0.4, 0.5) is 0 Å². The summed E-state index contributed by atoms with van der Waals surface area (Å²) in [7, 11) is 1.71. The highest BCUT2D eigenvalue weighted by atomic mass is 16.2. The van der Waals surface area contributed by atoms with Gasteiger partial charge in [0.25, 0.3) is 0 Å². The van der Waals surface area contributed by atoms with Crippen LogP contribution in [0.15, 0.2) is 36.4 Å². The van der Waals surface area contributed by atoms with Crippen LogP contribution in [-0.4, -0.2) is 55.5 Å². The van der Waals surface area contributed by atoms with Gasteiger partial charge < -0.3 is 11.5 Å². The lowest BCUT2D eigenvalue weighted by Crippen LogP contribution is -2.34. The molecule has 1 aliphatic carbocycles. The van der Waals surface area contributed by atoms with Crippen molar-refractivity contribution in [2.24, 2.45) is 18.5 Å². The molecule has 1 saturated heterocycles. The summed E-state index contributed by atoms with van der Waals surface area (Å²) in [5.74, 6) is -0.523. The van der Waals surface area contributed by atoms with Crippen molar-refractivity contribution < 1.29 is 14.4 Å². The molecule has 0 spiro atoms. The smallest absolute Gasteiger partial charge is 0.300 e. The van der Waals surface area contributed by atoms with E-state index in [1.54, 1.807) is 24.1 Å². The van der Waals surface area contributed by atoms with Gasteiger partial charge in [0.2, 0.25) is 17.7 Å². The Balaban J connectivity index is 1.57. The van der Waals surface area contributed by atoms with Crippen LogP contribution in [0.1, 0.15) is 87.3 Å². The van der Waals surface area contributed by atoms with Gasteiger partial charge in [-0.2, -0.15) is 4.80 Å². The molecule has 1 aromatic heterocycles. The van der Waals surface area contributed by atoms with Crippen molar-refractivity contribution in [2.75, 3.05) is 6.54 Å². The number of primary amides is 2. The zero-order chi connectivity index (χ0) is 28.4. The van der Waals surface area contributed by atoms with Crippen LogP contribution < -0.4 is 11.5 Å². The molecule has 11 nitrogen and oxygen atoms in total. The van der Waals surface area contributed by atoms with Crippen molar-refractivity contribution in [1.82, 2.24) is 25.1 Å². The van der Waals surface area contributed by atoms with E-state index in [1.807, 2.05) is 24.3 Å². The molecule has 1 atom stereocenters. The molecular formula is C29H32N8O3. The Morgan fingerprint density at radius 3 is 2.17 bits per heavy atom. The second-order valence-electron chi connectivity index (χ2n) is 10.5. The highest BCUT2D eigenvalue weighted by Gasteiger charge is 2.44. The fourth-order valence-corrected chi connectivity index (χ4v) is 6.22. The van der Waals surface area contributed by atoms with E-state index in [0.717, 1.165) is 35.1 Å². The molecule has 0 unspecified atom stereocenters. The molecule has 2 heterocycles. The predicted molar refractivity (Wildman–Crippen MR) is 146 cm³/mol. The van der Waals surface area contributed by atoms with E-state index in [-0.39, 0.29) is 12.1 Å². The van der Waals surface area contributed by atoms with Crippen molar-refractivity contribution in [1.29, 1.82) is 0 Å². The lowest BCUT2D eigenvalue weighted by atomic mass is 9.68. The number of tetrazole rings is 1. The Labute approximate surface area is 232 Å². The summed E-state index contributed by atoms with van der Waals surface area (Å²) in [4.78, 5) is 43.8. The quantitative estimate of drug-likeness (QED) is 0.330. The van der Waals surface area contributed by atoms with E-state index < -0.39 is 17.2 Å². The second-order valence-corrected chi connectivity index (χ2v) is 10.5. The maximum Gasteiger partial charge on any atom is 0.300 e. The van der Waals surface area contributed by atoms with Crippen molar-refractivity contribution in [2.45, 2.75) is 62.9 Å². The normalized spacial score (nSPS) is 17.4. The SMILES string of the molecule is [C-]#[N+][C@@H]1CCCN1C(=O)CCCCC1(c2nnn(C)n2)c2ccc(C(N)=O)cc2CCc2cc(C(N)=O)ccc21. The third kappa shape index (κ3) is 4.81. The van der Waals surface area contributed by atoms with Gasteiger partial charge in [0.15, 0.2) is 5.82 Å². The lowest BCUT2D eigenvalue weighted by molar-refractivity contribution is -0.131. The van der Waals surface area contributed by atoms with Crippen molar-refractivity contribution in [3.63, 3.8) is 0 Å². The number of nitrogens with zero attached hydrogens (tertiary/aromatic N) is 6. The number of hydrogen-bond donors (Lipinski definition) is 2. The van der Waals surface area contributed by atoms with Crippen LogP contribution in [-0.2, 0) is 30.1 Å². The fourth-order valence-electron chi connectivity index (χ4n) is 6.22. The van der Waals surface area contributed by atoms with Gasteiger partial charge in [0.05, 0.1) is 12.5 Å². The minimum Gasteiger partial charge on any atom is -0.366 e. The van der Waals surface area contributed by atoms with Gasteiger partial charge in [-0.05, 0) is 83.8 Å². The summed E-state index contributed by atoms with van der Waals surface area (Å²) in [6, 6.07) is 10.9. The minimum absolute atomic E-state index is 0.00374. The minimum atomic E-state index is -0.850. The molecule has 2 aliphatic rings. The maximum absolute atomic E-state index is 12.9. The number of nitrogens with two attached hydrogens (primary N) is 2. The van der Waals surface area contributed by atoms with E-state index in [1.165, 1.54) is 4.80 Å². The monoisotopic (exact) mass is 540 g/mol. The van der Waals surface area contributed by atoms with Crippen molar-refractivity contribution >= 4 is 17.7 Å². The first-order valence-corrected chi connectivity index (χ1v) is 13.5. The number of amides is 3. The number of likely N-dealkylation sites (tertiary alicyclic amines) is 1. The fraction of sp³-hybridized carbons (Fsp3) is 0.414. The molecule has 1 aliphatic heterocycles. The number of aromatic nitrogens is 4. The lowest BCUT2D eigenvalue weighted by Gasteiger charge is -2.34. The van der Waals surface area contributed by atoms with Gasteiger partial charge in [0.1, 0.15) is 0 Å². The molecule has 5 rings (SSSR count). The number of carbonyl (C=O) groups excluding carboxylic acids is 3. The summed E-state index contributed by atoms with van der Waals surface area (Å²) in [6.45, 7) is 8.02. The van der Waals surface area contributed by atoms with Crippen LogP contribution in [0, 0.1) is 6.57 Å². The number of benzene rings is 2. The second kappa shape index (κ2) is 10.9. The van der Waals surface area contributed by atoms with Gasteiger partial charge in [-0.25, -0.2) is 6.57 Å². The molecular weight excluding hydrogens is 508 g/mol. The molecule has 0 radical (unpaired) electrons. The summed E-state index contributed by atoms with van der Waals surface area (Å²) in [6.07, 6.45) is 4.63. The molecule has 1 fully saturated rings. The van der Waals surface area contributed by atoms with E-state index >= 15 is 0 Å². The third-order valence-corrected chi connectivity index (χ3v) is 8.14. The highest BCUT2D eigenvalue weighted by Crippen LogP contribution is 2.47. The molecule has 3 amide bonds. The van der Waals surface area contributed by atoms with Crippen LogP contribution in [0.5, 0.6) is 0 Å². The summed E-state index contributed by atoms with van der Waals surface area (Å²) in [5, 5.41) is 13.3. The average Bonchev–Trinajstić information content (AvgIpc) is 3.58. The Morgan fingerprint density at radius 2 is 1.65 bits per heavy atom. The van der Waals surface area contributed by atoms with Gasteiger partial charge in [0, 0.05) is 30.5 Å². The number of hydrogen-bond acceptors (Lipinski definition) is 6. The third-order valence-electron chi connectivity index (χ3n) is 8.14. The van der Waals surface area contributed by atoms with Crippen LogP contribution in [0.3, 0.4) is 0 Å². The first kappa shape index (κ1) is 27.0. The molecule has 4 N–H and O–H groups in total. The summed E-state index contributed by atoms with van der Waals surface area (Å²) in [5.41, 5.74) is 15.0. The zero-order valence-electron chi connectivity index (χ0n) is 22.5. The van der Waals surface area contributed by atoms with Gasteiger partial charge >= 0.3 is 6.17 Å². The summed E-state index contributed by atoms with van der Waals surface area (Å²) >= 11 is 0. The number of carbonyl (C=O) groups is 3. The number of aryl methyl sites for hydroxylation is 3. The summed E-state index contributed by atoms with van der Waals surface area (Å²) < 4.78 is 0. The first-order valence-electron chi connectivity index (χ1n) is 13.5. The van der Waals surface area contributed by atoms with Crippen LogP contribution in [0.2, 0.25) is 0 Å². The Bertz CT molecular complexity index is 1460. The molecule has 2 aromatic carbocycles. The topological polar surface area (TPSA) is 154 Å². The van der Waals surface area contributed by atoms with Crippen LogP contribution >= 0.6 is 0 Å². The van der Waals surface area contributed by atoms with Gasteiger partial charge in [-0.3, -0.25) is 24.1 Å². The van der Waals surface area contributed by atoms with Gasteiger partial charge in [-0.1, -0.05) is 18.6 Å². The maximum atomic E-state index is 12.9. The zero-order valence-corrected chi connectivity index (χ0v) is 22.5. The highest BCUT2D eigenvalue weighted by molar-refractivity contribution is 5.94. The Kier molecular flexibility index (Phi) is 7.34. The molecule has 0 saturated carbocycles. The van der Waals surface area contributed by atoms with Crippen molar-refractivity contribution in [3.05, 3.63) is 87.0 Å².